The molecule has 1 aliphatic rings. The van der Waals surface area contributed by atoms with Gasteiger partial charge in [0.1, 0.15) is 24.4 Å². The van der Waals surface area contributed by atoms with Gasteiger partial charge in [-0.2, -0.15) is 0 Å². The third-order valence-corrected chi connectivity index (χ3v) is 7.75. The first-order chi connectivity index (χ1) is 21.0. The van der Waals surface area contributed by atoms with Gasteiger partial charge in [0, 0.05) is 0 Å². The largest absolute Gasteiger partial charge is 0.467 e. The van der Waals surface area contributed by atoms with Crippen molar-refractivity contribution in [1.82, 2.24) is 0 Å². The van der Waals surface area contributed by atoms with Crippen LogP contribution in [0.2, 0.25) is 0 Å². The highest BCUT2D eigenvalue weighted by molar-refractivity contribution is 5.82. The maximum atomic E-state index is 13.5. The van der Waals surface area contributed by atoms with Gasteiger partial charge in [-0.1, -0.05) is 121 Å². The molecule has 0 unspecified atom stereocenters. The average Bonchev–Trinajstić information content (AvgIpc) is 3.07. The highest BCUT2D eigenvalue weighted by Gasteiger charge is 2.59. The summed E-state index contributed by atoms with van der Waals surface area (Å²) in [5.41, 5.74) is 1.02. The first-order valence-corrected chi connectivity index (χ1v) is 14.5. The van der Waals surface area contributed by atoms with Crippen molar-refractivity contribution in [1.29, 1.82) is 0 Å². The molecule has 7 heteroatoms. The summed E-state index contributed by atoms with van der Waals surface area (Å²) in [5, 5.41) is 12.3. The number of aliphatic hydroxyl groups is 1. The van der Waals surface area contributed by atoms with Crippen molar-refractivity contribution in [2.75, 3.05) is 7.11 Å². The second-order valence-electron chi connectivity index (χ2n) is 10.7. The Balaban J connectivity index is 1.55. The van der Waals surface area contributed by atoms with Crippen LogP contribution < -0.4 is 0 Å². The van der Waals surface area contributed by atoms with E-state index in [0.717, 1.165) is 16.7 Å². The molecule has 1 fully saturated rings. The van der Waals surface area contributed by atoms with E-state index >= 15 is 0 Å². The number of carbonyl (C=O) groups is 1. The van der Waals surface area contributed by atoms with Gasteiger partial charge in [-0.3, -0.25) is 0 Å². The lowest BCUT2D eigenvalue weighted by molar-refractivity contribution is -0.294. The van der Waals surface area contributed by atoms with Gasteiger partial charge in [-0.05, 0) is 29.2 Å². The van der Waals surface area contributed by atoms with Gasteiger partial charge in [0.15, 0.2) is 0 Å². The summed E-state index contributed by atoms with van der Waals surface area (Å²) in [5.74, 6) is -0.852. The lowest BCUT2D eigenvalue weighted by Gasteiger charge is -2.49. The Morgan fingerprint density at radius 2 is 1.05 bits per heavy atom. The van der Waals surface area contributed by atoms with Crippen LogP contribution in [0.1, 0.15) is 29.2 Å². The van der Waals surface area contributed by atoms with E-state index in [1.54, 1.807) is 24.3 Å². The Bertz CT molecular complexity index is 1400. The van der Waals surface area contributed by atoms with Crippen LogP contribution in [0.5, 0.6) is 0 Å². The molecule has 1 heterocycles. The van der Waals surface area contributed by atoms with E-state index in [-0.39, 0.29) is 13.2 Å². The predicted octanol–water partition coefficient (Wildman–Crippen LogP) is 5.59. The van der Waals surface area contributed by atoms with Gasteiger partial charge in [0.05, 0.1) is 33.0 Å². The van der Waals surface area contributed by atoms with Gasteiger partial charge in [-0.25, -0.2) is 4.79 Å². The fourth-order valence-electron chi connectivity index (χ4n) is 5.50. The monoisotopic (exact) mass is 582 g/mol. The highest BCUT2D eigenvalue weighted by atomic mass is 16.6. The van der Waals surface area contributed by atoms with Crippen molar-refractivity contribution in [3.8, 4) is 0 Å². The van der Waals surface area contributed by atoms with Crippen molar-refractivity contribution in [2.45, 2.75) is 62.9 Å². The molecule has 0 amide bonds. The van der Waals surface area contributed by atoms with Gasteiger partial charge in [0.25, 0.3) is 0 Å². The Morgan fingerprint density at radius 3 is 1.49 bits per heavy atom. The van der Waals surface area contributed by atoms with Crippen LogP contribution >= 0.6 is 0 Å². The molecular formula is C36H38O7. The molecule has 0 spiro atoms. The molecule has 0 bridgehead atoms. The summed E-state index contributed by atoms with van der Waals surface area (Å²) in [6.07, 6.45) is -3.99. The molecule has 4 aromatic carbocycles. The Hall–Kier alpha value is -3.85. The van der Waals surface area contributed by atoms with Gasteiger partial charge < -0.3 is 28.8 Å². The van der Waals surface area contributed by atoms with E-state index < -0.39 is 42.1 Å². The third-order valence-electron chi connectivity index (χ3n) is 7.75. The fourth-order valence-corrected chi connectivity index (χ4v) is 5.50. The molecule has 1 aliphatic heterocycles. The summed E-state index contributed by atoms with van der Waals surface area (Å²) < 4.78 is 31.4. The van der Waals surface area contributed by atoms with E-state index in [2.05, 4.69) is 0 Å². The Morgan fingerprint density at radius 1 is 0.651 bits per heavy atom. The van der Waals surface area contributed by atoms with E-state index in [1.807, 2.05) is 104 Å². The van der Waals surface area contributed by atoms with Gasteiger partial charge in [-0.15, -0.1) is 0 Å². The maximum Gasteiger partial charge on any atom is 0.345 e. The molecule has 7 nitrogen and oxygen atoms in total. The van der Waals surface area contributed by atoms with Crippen molar-refractivity contribution in [3.63, 3.8) is 0 Å². The van der Waals surface area contributed by atoms with Crippen LogP contribution in [0.3, 0.4) is 0 Å². The zero-order valence-corrected chi connectivity index (χ0v) is 24.5. The number of carbonyl (C=O) groups excluding carboxylic acids is 1. The number of hydrogen-bond acceptors (Lipinski definition) is 7. The number of rotatable bonds is 12. The molecule has 0 aliphatic carbocycles. The molecule has 224 valence electrons. The fraction of sp³-hybridized carbons (Fsp3) is 0.306. The summed E-state index contributed by atoms with van der Waals surface area (Å²) in [7, 11) is 1.25. The lowest BCUT2D eigenvalue weighted by Crippen LogP contribution is -2.66. The Labute approximate surface area is 252 Å². The Kier molecular flexibility index (Phi) is 10.4. The average molecular weight is 583 g/mol. The standard InChI is InChI=1S/C36H38O7/c1-26-31(40-23-27-15-7-3-8-16-27)32(41-24-28-17-9-4-10-18-28)33(42-25-29-19-11-5-12-20-29)34(43-26)36(38,35(37)39-2)30-21-13-6-14-22-30/h3-22,26,31-34,38H,23-25H2,1-2H3/t26-,31+,32+,33-,34-,36-/m0/s1. The molecule has 0 radical (unpaired) electrons. The van der Waals surface area contributed by atoms with Crippen LogP contribution in [0.25, 0.3) is 0 Å². The molecule has 0 aromatic heterocycles. The first-order valence-electron chi connectivity index (χ1n) is 14.5. The number of benzene rings is 4. The molecular weight excluding hydrogens is 544 g/mol. The maximum absolute atomic E-state index is 13.5. The van der Waals surface area contributed by atoms with Crippen molar-refractivity contribution in [3.05, 3.63) is 144 Å². The molecule has 5 rings (SSSR count). The van der Waals surface area contributed by atoms with Crippen LogP contribution in [-0.2, 0) is 53.9 Å². The van der Waals surface area contributed by atoms with Crippen molar-refractivity contribution in [2.24, 2.45) is 0 Å². The second kappa shape index (κ2) is 14.6. The quantitative estimate of drug-likeness (QED) is 0.218. The van der Waals surface area contributed by atoms with Gasteiger partial charge in [0.2, 0.25) is 5.60 Å². The molecule has 6 atom stereocenters. The minimum absolute atomic E-state index is 0.197. The molecule has 1 saturated heterocycles. The lowest BCUT2D eigenvalue weighted by atomic mass is 9.80. The van der Waals surface area contributed by atoms with Gasteiger partial charge >= 0.3 is 5.97 Å². The SMILES string of the molecule is COC(=O)[C@](O)(c1ccccc1)[C@H]1O[C@@H](C)[C@@H](OCc2ccccc2)[C@@H](OCc2ccccc2)[C@@H]1OCc1ccccc1. The van der Waals surface area contributed by atoms with Crippen LogP contribution in [0.4, 0.5) is 0 Å². The summed E-state index contributed by atoms with van der Waals surface area (Å²) >= 11 is 0. The molecule has 0 saturated carbocycles. The predicted molar refractivity (Wildman–Crippen MR) is 162 cm³/mol. The van der Waals surface area contributed by atoms with E-state index in [4.69, 9.17) is 23.7 Å². The summed E-state index contributed by atoms with van der Waals surface area (Å²) in [6.45, 7) is 2.64. The third kappa shape index (κ3) is 7.21. The highest BCUT2D eigenvalue weighted by Crippen LogP contribution is 2.40. The second-order valence-corrected chi connectivity index (χ2v) is 10.7. The molecule has 1 N–H and O–H groups in total. The summed E-state index contributed by atoms with van der Waals surface area (Å²) in [4.78, 5) is 13.5. The summed E-state index contributed by atoms with van der Waals surface area (Å²) in [6, 6.07) is 38.0. The normalized spacial score (nSPS) is 23.3. The minimum Gasteiger partial charge on any atom is -0.467 e. The van der Waals surface area contributed by atoms with E-state index in [1.165, 1.54) is 7.11 Å². The van der Waals surface area contributed by atoms with E-state index in [9.17, 15) is 9.90 Å². The number of esters is 1. The zero-order chi connectivity index (χ0) is 30.1. The molecule has 43 heavy (non-hydrogen) atoms. The van der Waals surface area contributed by atoms with Crippen LogP contribution in [0, 0.1) is 0 Å². The topological polar surface area (TPSA) is 83.5 Å². The molecule has 4 aromatic rings. The zero-order valence-electron chi connectivity index (χ0n) is 24.5. The van der Waals surface area contributed by atoms with Crippen molar-refractivity contribution < 1.29 is 33.6 Å². The number of ether oxygens (including phenoxy) is 5. The van der Waals surface area contributed by atoms with Crippen molar-refractivity contribution >= 4 is 5.97 Å². The number of methoxy groups -OCH3 is 1. The van der Waals surface area contributed by atoms with Crippen LogP contribution in [-0.4, -0.2) is 48.7 Å². The van der Waals surface area contributed by atoms with Crippen LogP contribution in [0.15, 0.2) is 121 Å². The first kappa shape index (κ1) is 30.6. The number of hydrogen-bond donors (Lipinski definition) is 1. The minimum atomic E-state index is -2.19. The van der Waals surface area contributed by atoms with E-state index in [0.29, 0.717) is 12.2 Å². The smallest absolute Gasteiger partial charge is 0.345 e.